The van der Waals surface area contributed by atoms with Gasteiger partial charge in [-0.15, -0.1) is 0 Å². The van der Waals surface area contributed by atoms with Gasteiger partial charge in [-0.2, -0.15) is 0 Å². The van der Waals surface area contributed by atoms with E-state index in [4.69, 9.17) is 10.5 Å². The molecule has 6 heteroatoms. The highest BCUT2D eigenvalue weighted by molar-refractivity contribution is 5.92. The number of benzene rings is 1. The molecule has 0 aliphatic carbocycles. The summed E-state index contributed by atoms with van der Waals surface area (Å²) in [5, 5.41) is 0. The van der Waals surface area contributed by atoms with Crippen LogP contribution >= 0.6 is 0 Å². The highest BCUT2D eigenvalue weighted by Crippen LogP contribution is 2.39. The summed E-state index contributed by atoms with van der Waals surface area (Å²) in [6.45, 7) is 4.83. The summed E-state index contributed by atoms with van der Waals surface area (Å²) in [5.74, 6) is 0.634. The molecule has 2 saturated heterocycles. The van der Waals surface area contributed by atoms with Crippen LogP contribution in [-0.2, 0) is 4.79 Å². The van der Waals surface area contributed by atoms with Crippen LogP contribution in [0.1, 0.15) is 42.5 Å². The number of nitrogens with two attached hydrogens (primary N) is 1. The molecule has 2 heterocycles. The van der Waals surface area contributed by atoms with E-state index in [2.05, 4.69) is 4.90 Å². The number of carbonyl (C=O) groups is 2. The first kappa shape index (κ1) is 18.7. The number of rotatable bonds is 6. The van der Waals surface area contributed by atoms with Crippen molar-refractivity contribution in [2.45, 2.75) is 32.1 Å². The number of nitrogens with zero attached hydrogens (tertiary/aromatic N) is 2. The van der Waals surface area contributed by atoms with Crippen molar-refractivity contribution >= 4 is 11.8 Å². The van der Waals surface area contributed by atoms with Crippen LogP contribution in [0.25, 0.3) is 0 Å². The van der Waals surface area contributed by atoms with Gasteiger partial charge in [-0.1, -0.05) is 0 Å². The Balaban J connectivity index is 1.35. The monoisotopic (exact) mass is 359 g/mol. The van der Waals surface area contributed by atoms with Gasteiger partial charge in [0.15, 0.2) is 0 Å². The van der Waals surface area contributed by atoms with Crippen molar-refractivity contribution < 1.29 is 14.3 Å². The molecule has 3 rings (SSSR count). The first-order valence-electron chi connectivity index (χ1n) is 9.46. The first-order valence-corrected chi connectivity index (χ1v) is 9.46. The van der Waals surface area contributed by atoms with Gasteiger partial charge in [-0.05, 0) is 68.5 Å². The number of hydrogen-bond acceptors (Lipinski definition) is 4. The van der Waals surface area contributed by atoms with Crippen LogP contribution in [0.4, 0.5) is 0 Å². The maximum Gasteiger partial charge on any atom is 0.248 e. The minimum absolute atomic E-state index is 0.291. The Bertz CT molecular complexity index is 636. The van der Waals surface area contributed by atoms with E-state index in [0.29, 0.717) is 29.9 Å². The Kier molecular flexibility index (Phi) is 5.81. The van der Waals surface area contributed by atoms with E-state index in [-0.39, 0.29) is 0 Å². The minimum atomic E-state index is -0.423. The zero-order valence-electron chi connectivity index (χ0n) is 15.6. The van der Waals surface area contributed by atoms with Crippen LogP contribution < -0.4 is 10.5 Å². The largest absolute Gasteiger partial charge is 0.494 e. The third-order valence-corrected chi connectivity index (χ3v) is 5.81. The van der Waals surface area contributed by atoms with E-state index in [1.54, 1.807) is 24.3 Å². The summed E-state index contributed by atoms with van der Waals surface area (Å²) in [6, 6.07) is 6.94. The van der Waals surface area contributed by atoms with Crippen LogP contribution in [-0.4, -0.2) is 61.4 Å². The Morgan fingerprint density at radius 3 is 2.50 bits per heavy atom. The maximum absolute atomic E-state index is 11.7. The number of carbonyl (C=O) groups excluding carboxylic acids is 2. The van der Waals surface area contributed by atoms with Crippen LogP contribution in [0.15, 0.2) is 24.3 Å². The van der Waals surface area contributed by atoms with E-state index in [1.165, 1.54) is 12.8 Å². The van der Waals surface area contributed by atoms with Gasteiger partial charge >= 0.3 is 0 Å². The van der Waals surface area contributed by atoms with Gasteiger partial charge in [-0.3, -0.25) is 9.59 Å². The number of ether oxygens (including phenoxy) is 1. The summed E-state index contributed by atoms with van der Waals surface area (Å²) in [6.07, 6.45) is 5.09. The number of piperidine rings is 2. The average molecular weight is 359 g/mol. The fraction of sp³-hybridized carbons (Fsp3) is 0.600. The van der Waals surface area contributed by atoms with Crippen LogP contribution in [0.3, 0.4) is 0 Å². The van der Waals surface area contributed by atoms with Crippen molar-refractivity contribution in [3.8, 4) is 5.75 Å². The minimum Gasteiger partial charge on any atom is -0.494 e. The van der Waals surface area contributed by atoms with E-state index in [1.807, 2.05) is 11.9 Å². The number of primary amides is 1. The van der Waals surface area contributed by atoms with Gasteiger partial charge in [0.25, 0.3) is 0 Å². The third kappa shape index (κ3) is 4.55. The topological polar surface area (TPSA) is 75.9 Å². The molecule has 26 heavy (non-hydrogen) atoms. The summed E-state index contributed by atoms with van der Waals surface area (Å²) >= 11 is 0. The van der Waals surface area contributed by atoms with Gasteiger partial charge < -0.3 is 20.3 Å². The lowest BCUT2D eigenvalue weighted by atomic mass is 9.72. The van der Waals surface area contributed by atoms with Crippen molar-refractivity contribution in [1.29, 1.82) is 0 Å². The van der Waals surface area contributed by atoms with E-state index < -0.39 is 5.91 Å². The molecule has 2 N–H and O–H groups in total. The predicted molar refractivity (Wildman–Crippen MR) is 100 cm³/mol. The molecule has 2 amide bonds. The summed E-state index contributed by atoms with van der Waals surface area (Å²) in [5.41, 5.74) is 6.07. The summed E-state index contributed by atoms with van der Waals surface area (Å²) < 4.78 is 5.74. The van der Waals surface area contributed by atoms with Crippen molar-refractivity contribution in [3.05, 3.63) is 29.8 Å². The Morgan fingerprint density at radius 2 is 1.88 bits per heavy atom. The third-order valence-electron chi connectivity index (χ3n) is 5.81. The Hall–Kier alpha value is -2.08. The summed E-state index contributed by atoms with van der Waals surface area (Å²) in [7, 11) is 1.93. The molecule has 0 atom stereocenters. The predicted octanol–water partition coefficient (Wildman–Crippen LogP) is 1.89. The molecule has 142 valence electrons. The molecule has 6 nitrogen and oxygen atoms in total. The van der Waals surface area contributed by atoms with Gasteiger partial charge in [0.05, 0.1) is 6.61 Å². The van der Waals surface area contributed by atoms with Gasteiger partial charge in [0, 0.05) is 32.1 Å². The molecular weight excluding hydrogens is 330 g/mol. The Morgan fingerprint density at radius 1 is 1.19 bits per heavy atom. The number of hydrogen-bond donors (Lipinski definition) is 1. The second-order valence-corrected chi connectivity index (χ2v) is 7.68. The SMILES string of the molecule is CN1CC2(CCC1=O)CCN(CCCOc1ccc(C(N)=O)cc1)CC2. The maximum atomic E-state index is 11.7. The first-order chi connectivity index (χ1) is 12.5. The lowest BCUT2D eigenvalue weighted by molar-refractivity contribution is -0.137. The van der Waals surface area contributed by atoms with Gasteiger partial charge in [0.1, 0.15) is 5.75 Å². The van der Waals surface area contributed by atoms with E-state index in [9.17, 15) is 9.59 Å². The van der Waals surface area contributed by atoms with E-state index >= 15 is 0 Å². The zero-order chi connectivity index (χ0) is 18.6. The molecule has 0 bridgehead atoms. The van der Waals surface area contributed by atoms with Crippen molar-refractivity contribution in [2.75, 3.05) is 39.8 Å². The fourth-order valence-corrected chi connectivity index (χ4v) is 4.09. The molecule has 0 saturated carbocycles. The second kappa shape index (κ2) is 8.08. The van der Waals surface area contributed by atoms with Crippen molar-refractivity contribution in [2.24, 2.45) is 11.1 Å². The van der Waals surface area contributed by atoms with Crippen molar-refractivity contribution in [3.63, 3.8) is 0 Å². The van der Waals surface area contributed by atoms with Crippen molar-refractivity contribution in [1.82, 2.24) is 9.80 Å². The molecule has 2 aliphatic heterocycles. The highest BCUT2D eigenvalue weighted by Gasteiger charge is 2.39. The smallest absolute Gasteiger partial charge is 0.248 e. The van der Waals surface area contributed by atoms with E-state index in [0.717, 1.165) is 44.8 Å². The number of likely N-dealkylation sites (tertiary alicyclic amines) is 2. The van der Waals surface area contributed by atoms with Crippen LogP contribution in [0.5, 0.6) is 5.75 Å². The van der Waals surface area contributed by atoms with Gasteiger partial charge in [-0.25, -0.2) is 0 Å². The molecule has 1 spiro atoms. The molecule has 0 unspecified atom stereocenters. The molecule has 2 fully saturated rings. The Labute approximate surface area is 155 Å². The highest BCUT2D eigenvalue weighted by atomic mass is 16.5. The quantitative estimate of drug-likeness (QED) is 0.787. The molecule has 1 aromatic rings. The molecular formula is C20H29N3O3. The number of amides is 2. The molecule has 0 radical (unpaired) electrons. The average Bonchev–Trinajstić information content (AvgIpc) is 2.64. The lowest BCUT2D eigenvalue weighted by Gasteiger charge is -2.46. The van der Waals surface area contributed by atoms with Gasteiger partial charge in [0.2, 0.25) is 11.8 Å². The second-order valence-electron chi connectivity index (χ2n) is 7.68. The van der Waals surface area contributed by atoms with Crippen LogP contribution in [0.2, 0.25) is 0 Å². The fourth-order valence-electron chi connectivity index (χ4n) is 4.09. The normalized spacial score (nSPS) is 20.3. The zero-order valence-corrected chi connectivity index (χ0v) is 15.6. The standard InChI is InChI=1S/C20H29N3O3/c1-22-15-20(8-7-18(22)24)9-12-23(13-10-20)11-2-14-26-17-5-3-16(4-6-17)19(21)25/h3-6H,2,7-15H2,1H3,(H2,21,25). The molecule has 2 aliphatic rings. The lowest BCUT2D eigenvalue weighted by Crippen LogP contribution is -2.50. The molecule has 1 aromatic carbocycles. The molecule has 0 aromatic heterocycles. The van der Waals surface area contributed by atoms with Crippen LogP contribution in [0, 0.1) is 5.41 Å². The summed E-state index contributed by atoms with van der Waals surface area (Å²) in [4.78, 5) is 27.2.